The summed E-state index contributed by atoms with van der Waals surface area (Å²) in [6, 6.07) is 1.76. The summed E-state index contributed by atoms with van der Waals surface area (Å²) in [7, 11) is 0. The van der Waals surface area contributed by atoms with Crippen molar-refractivity contribution >= 4 is 34.8 Å². The summed E-state index contributed by atoms with van der Waals surface area (Å²) in [5.41, 5.74) is 1.65. The van der Waals surface area contributed by atoms with Crippen LogP contribution >= 0.6 is 12.2 Å². The summed E-state index contributed by atoms with van der Waals surface area (Å²) in [6.45, 7) is 7.99. The molecular formula is C16H22N4O2S. The van der Waals surface area contributed by atoms with Crippen LogP contribution in [0.15, 0.2) is 23.5 Å². The molecule has 0 bridgehead atoms. The van der Waals surface area contributed by atoms with Gasteiger partial charge in [0, 0.05) is 19.3 Å². The first-order chi connectivity index (χ1) is 10.8. The highest BCUT2D eigenvalue weighted by Crippen LogP contribution is 2.37. The maximum atomic E-state index is 11.1. The number of nitrogens with one attached hydrogen (secondary N) is 1. The first kappa shape index (κ1) is 17.4. The molecule has 2 atom stereocenters. The van der Waals surface area contributed by atoms with Crippen molar-refractivity contribution in [1.29, 1.82) is 0 Å². The molecule has 6 nitrogen and oxygen atoms in total. The molecule has 1 aliphatic heterocycles. The summed E-state index contributed by atoms with van der Waals surface area (Å²) in [6.07, 6.45) is 3.19. The van der Waals surface area contributed by atoms with Gasteiger partial charge < -0.3 is 15.3 Å². The number of carboxylic acid groups (broad SMARTS) is 1. The predicted molar refractivity (Wildman–Crippen MR) is 93.6 cm³/mol. The average molecular weight is 334 g/mol. The van der Waals surface area contributed by atoms with Crippen LogP contribution in [-0.4, -0.2) is 40.5 Å². The minimum atomic E-state index is -0.989. The number of amides is 1. The van der Waals surface area contributed by atoms with E-state index in [1.807, 2.05) is 6.07 Å². The van der Waals surface area contributed by atoms with E-state index in [4.69, 9.17) is 17.3 Å². The second-order valence-electron chi connectivity index (χ2n) is 6.92. The zero-order valence-corrected chi connectivity index (χ0v) is 14.4. The van der Waals surface area contributed by atoms with Gasteiger partial charge >= 0.3 is 6.09 Å². The Morgan fingerprint density at radius 2 is 2.26 bits per heavy atom. The molecule has 1 aromatic heterocycles. The number of isothiocyanates is 1. The molecule has 0 saturated carbocycles. The van der Waals surface area contributed by atoms with Gasteiger partial charge in [-0.25, -0.2) is 4.79 Å². The van der Waals surface area contributed by atoms with Crippen LogP contribution in [-0.2, 0) is 0 Å². The van der Waals surface area contributed by atoms with E-state index in [1.54, 1.807) is 12.4 Å². The van der Waals surface area contributed by atoms with E-state index in [-0.39, 0.29) is 11.5 Å². The largest absolute Gasteiger partial charge is 0.465 e. The lowest BCUT2D eigenvalue weighted by Crippen LogP contribution is -2.53. The molecule has 2 rings (SSSR count). The Morgan fingerprint density at radius 1 is 1.52 bits per heavy atom. The number of piperidine rings is 1. The smallest absolute Gasteiger partial charge is 0.404 e. The summed E-state index contributed by atoms with van der Waals surface area (Å²) in [5, 5.41) is 14.1. The van der Waals surface area contributed by atoms with E-state index in [2.05, 4.69) is 46.1 Å². The Kier molecular flexibility index (Phi) is 5.34. The highest BCUT2D eigenvalue weighted by atomic mass is 32.1. The molecule has 1 aromatic rings. The van der Waals surface area contributed by atoms with E-state index < -0.39 is 6.09 Å². The second kappa shape index (κ2) is 7.06. The number of hydrogen-bond acceptors (Lipinski definition) is 5. The number of pyridine rings is 1. The summed E-state index contributed by atoms with van der Waals surface area (Å²) < 4.78 is 0. The first-order valence-electron chi connectivity index (χ1n) is 7.57. The molecule has 0 aromatic carbocycles. The standard InChI is InChI=1S/C16H22N4O2S/c1-16(2,3)11-6-12(19-15(21)22)9-20(8-11)14-4-5-17-7-13(14)18-10-23/h4-5,7,11-12,19H,6,8-9H2,1-3H3,(H,21,22). The second-order valence-corrected chi connectivity index (χ2v) is 7.10. The average Bonchev–Trinajstić information content (AvgIpc) is 2.46. The minimum absolute atomic E-state index is 0.0811. The van der Waals surface area contributed by atoms with Crippen molar-refractivity contribution in [2.75, 3.05) is 18.0 Å². The number of anilines is 1. The quantitative estimate of drug-likeness (QED) is 0.655. The summed E-state index contributed by atoms with van der Waals surface area (Å²) in [4.78, 5) is 21.4. The molecule has 0 spiro atoms. The van der Waals surface area contributed by atoms with Gasteiger partial charge in [0.2, 0.25) is 0 Å². The van der Waals surface area contributed by atoms with Gasteiger partial charge in [-0.1, -0.05) is 20.8 Å². The SMILES string of the molecule is CC(C)(C)C1CC(NC(=O)O)CN(c2ccncc2N=C=S)C1. The molecule has 1 amide bonds. The van der Waals surface area contributed by atoms with Crippen molar-refractivity contribution < 1.29 is 9.90 Å². The molecule has 23 heavy (non-hydrogen) atoms. The number of thiocarbonyl (C=S) groups is 1. The highest BCUT2D eigenvalue weighted by molar-refractivity contribution is 7.78. The van der Waals surface area contributed by atoms with Crippen molar-refractivity contribution in [2.24, 2.45) is 16.3 Å². The van der Waals surface area contributed by atoms with E-state index in [1.165, 1.54) is 0 Å². The van der Waals surface area contributed by atoms with Crippen LogP contribution < -0.4 is 10.2 Å². The third-order valence-electron chi connectivity index (χ3n) is 4.29. The molecule has 1 aliphatic rings. The molecule has 2 N–H and O–H groups in total. The molecule has 0 aliphatic carbocycles. The molecule has 2 unspecified atom stereocenters. The number of hydrogen-bond donors (Lipinski definition) is 2. The first-order valence-corrected chi connectivity index (χ1v) is 7.98. The van der Waals surface area contributed by atoms with E-state index in [9.17, 15) is 4.79 Å². The van der Waals surface area contributed by atoms with Gasteiger partial charge in [-0.05, 0) is 36.0 Å². The molecule has 0 radical (unpaired) electrons. The van der Waals surface area contributed by atoms with Crippen molar-refractivity contribution in [2.45, 2.75) is 33.2 Å². The fourth-order valence-corrected chi connectivity index (χ4v) is 3.08. The van der Waals surface area contributed by atoms with E-state index >= 15 is 0 Å². The third kappa shape index (κ3) is 4.50. The van der Waals surface area contributed by atoms with Gasteiger partial charge in [0.1, 0.15) is 5.69 Å². The highest BCUT2D eigenvalue weighted by Gasteiger charge is 2.35. The Balaban J connectivity index is 2.32. The maximum Gasteiger partial charge on any atom is 0.404 e. The van der Waals surface area contributed by atoms with Crippen molar-refractivity contribution in [3.8, 4) is 0 Å². The van der Waals surface area contributed by atoms with Gasteiger partial charge in [0.25, 0.3) is 0 Å². The van der Waals surface area contributed by atoms with Crippen LogP contribution in [0.2, 0.25) is 0 Å². The maximum absolute atomic E-state index is 11.1. The van der Waals surface area contributed by atoms with Crippen LogP contribution in [0.5, 0.6) is 0 Å². The molecular weight excluding hydrogens is 312 g/mol. The molecule has 2 heterocycles. The van der Waals surface area contributed by atoms with Crippen molar-refractivity contribution in [1.82, 2.24) is 10.3 Å². The lowest BCUT2D eigenvalue weighted by atomic mass is 9.75. The normalized spacial score (nSPS) is 21.4. The molecule has 7 heteroatoms. The molecule has 124 valence electrons. The lowest BCUT2D eigenvalue weighted by Gasteiger charge is -2.44. The molecule has 1 fully saturated rings. The topological polar surface area (TPSA) is 77.8 Å². The van der Waals surface area contributed by atoms with Crippen molar-refractivity contribution in [3.05, 3.63) is 18.5 Å². The Morgan fingerprint density at radius 3 is 2.87 bits per heavy atom. The van der Waals surface area contributed by atoms with Crippen LogP contribution in [0.3, 0.4) is 0 Å². The Labute approximate surface area is 141 Å². The van der Waals surface area contributed by atoms with E-state index in [0.717, 1.165) is 18.7 Å². The Bertz CT molecular complexity index is 623. The fraction of sp³-hybridized carbons (Fsp3) is 0.562. The van der Waals surface area contributed by atoms with Gasteiger partial charge in [-0.15, -0.1) is 0 Å². The fourth-order valence-electron chi connectivity index (χ4n) is 2.98. The summed E-state index contributed by atoms with van der Waals surface area (Å²) >= 11 is 4.70. The van der Waals surface area contributed by atoms with Crippen LogP contribution in [0, 0.1) is 11.3 Å². The number of aliphatic imine (C=N–C) groups is 1. The van der Waals surface area contributed by atoms with Crippen LogP contribution in [0.1, 0.15) is 27.2 Å². The third-order valence-corrected chi connectivity index (χ3v) is 4.38. The Hall–Kier alpha value is -1.98. The molecule has 1 saturated heterocycles. The summed E-state index contributed by atoms with van der Waals surface area (Å²) in [5.74, 6) is 0.352. The number of aromatic nitrogens is 1. The van der Waals surface area contributed by atoms with Gasteiger partial charge in [0.05, 0.1) is 23.1 Å². The van der Waals surface area contributed by atoms with Crippen molar-refractivity contribution in [3.63, 3.8) is 0 Å². The zero-order chi connectivity index (χ0) is 17.0. The predicted octanol–water partition coefficient (Wildman–Crippen LogP) is 3.32. The van der Waals surface area contributed by atoms with Crippen LogP contribution in [0.25, 0.3) is 0 Å². The van der Waals surface area contributed by atoms with Gasteiger partial charge in [-0.3, -0.25) is 4.98 Å². The number of carbonyl (C=O) groups is 1. The lowest BCUT2D eigenvalue weighted by molar-refractivity contribution is 0.164. The van der Waals surface area contributed by atoms with E-state index in [0.29, 0.717) is 18.2 Å². The number of nitrogens with zero attached hydrogens (tertiary/aromatic N) is 3. The van der Waals surface area contributed by atoms with Crippen LogP contribution in [0.4, 0.5) is 16.2 Å². The van der Waals surface area contributed by atoms with Gasteiger partial charge in [0.15, 0.2) is 0 Å². The van der Waals surface area contributed by atoms with Gasteiger partial charge in [-0.2, -0.15) is 4.99 Å². The number of rotatable bonds is 3. The zero-order valence-electron chi connectivity index (χ0n) is 13.6. The monoisotopic (exact) mass is 334 g/mol. The minimum Gasteiger partial charge on any atom is -0.465 e.